The summed E-state index contributed by atoms with van der Waals surface area (Å²) in [5.74, 6) is 1.73. The fraction of sp³-hybridized carbons (Fsp3) is 0.296. The number of thioether (sulfide) groups is 1. The van der Waals surface area contributed by atoms with Gasteiger partial charge in [0.25, 0.3) is 0 Å². The van der Waals surface area contributed by atoms with Gasteiger partial charge in [0.1, 0.15) is 12.4 Å². The van der Waals surface area contributed by atoms with E-state index < -0.39 is 10.0 Å². The molecule has 0 aliphatic carbocycles. The second kappa shape index (κ2) is 11.9. The molecule has 0 fully saturated rings. The van der Waals surface area contributed by atoms with Gasteiger partial charge in [-0.3, -0.25) is 4.79 Å². The van der Waals surface area contributed by atoms with Gasteiger partial charge in [0, 0.05) is 23.9 Å². The molecule has 0 amide bonds. The van der Waals surface area contributed by atoms with Gasteiger partial charge in [0.2, 0.25) is 10.0 Å². The zero-order chi connectivity index (χ0) is 26.4. The molecule has 196 valence electrons. The van der Waals surface area contributed by atoms with Crippen molar-refractivity contribution in [2.24, 2.45) is 0 Å². The zero-order valence-corrected chi connectivity index (χ0v) is 22.5. The first-order valence-electron chi connectivity index (χ1n) is 11.6. The van der Waals surface area contributed by atoms with Gasteiger partial charge >= 0.3 is 5.97 Å². The van der Waals surface area contributed by atoms with Crippen molar-refractivity contribution in [3.8, 4) is 17.2 Å². The van der Waals surface area contributed by atoms with Gasteiger partial charge in [-0.1, -0.05) is 36.4 Å². The Labute approximate surface area is 221 Å². The number of carbonyl (C=O) groups is 1. The average molecular weight is 544 g/mol. The monoisotopic (exact) mass is 543 g/mol. The van der Waals surface area contributed by atoms with Crippen LogP contribution in [0.2, 0.25) is 0 Å². The third-order valence-corrected chi connectivity index (χ3v) is 8.74. The first kappa shape index (κ1) is 26.8. The molecule has 0 radical (unpaired) electrons. The maximum Gasteiger partial charge on any atom is 0.309 e. The van der Waals surface area contributed by atoms with Crippen LogP contribution in [0.25, 0.3) is 0 Å². The summed E-state index contributed by atoms with van der Waals surface area (Å²) in [4.78, 5) is 12.0. The smallest absolute Gasteiger partial charge is 0.309 e. The first-order valence-corrected chi connectivity index (χ1v) is 14.1. The van der Waals surface area contributed by atoms with E-state index in [1.165, 1.54) is 33.5 Å². The van der Waals surface area contributed by atoms with E-state index in [1.807, 2.05) is 36.4 Å². The van der Waals surface area contributed by atoms with E-state index in [-0.39, 0.29) is 29.1 Å². The summed E-state index contributed by atoms with van der Waals surface area (Å²) in [7, 11) is 0.575. The topological polar surface area (TPSA) is 100 Å². The van der Waals surface area contributed by atoms with Crippen molar-refractivity contribution in [2.75, 3.05) is 33.6 Å². The van der Waals surface area contributed by atoms with Crippen LogP contribution in [0.15, 0.2) is 65.6 Å². The summed E-state index contributed by atoms with van der Waals surface area (Å²) in [5.41, 5.74) is 3.94. The minimum atomic E-state index is -3.75. The normalized spacial score (nSPS) is 14.5. The van der Waals surface area contributed by atoms with E-state index in [0.29, 0.717) is 23.9 Å². The maximum atomic E-state index is 12.9. The molecular formula is C27H29NO7S2. The highest BCUT2D eigenvalue weighted by Gasteiger charge is 2.26. The highest BCUT2D eigenvalue weighted by Crippen LogP contribution is 2.44. The van der Waals surface area contributed by atoms with Crippen LogP contribution >= 0.6 is 11.8 Å². The van der Waals surface area contributed by atoms with Crippen LogP contribution in [0.1, 0.15) is 27.5 Å². The van der Waals surface area contributed by atoms with Gasteiger partial charge in [0.15, 0.2) is 11.5 Å². The number of methoxy groups -OCH3 is 3. The van der Waals surface area contributed by atoms with Crippen molar-refractivity contribution >= 4 is 27.8 Å². The summed E-state index contributed by atoms with van der Waals surface area (Å²) in [5, 5.41) is -0.100. The Bertz CT molecular complexity index is 1370. The number of hydrogen-bond acceptors (Lipinski definition) is 8. The summed E-state index contributed by atoms with van der Waals surface area (Å²) in [6, 6.07) is 18.2. The molecule has 0 bridgehead atoms. The molecule has 3 aromatic carbocycles. The maximum absolute atomic E-state index is 12.9. The number of fused-ring (bicyclic) bond motifs is 2. The number of hydrogen-bond donors (Lipinski definition) is 1. The molecule has 1 atom stereocenters. The van der Waals surface area contributed by atoms with Crippen LogP contribution in [0.5, 0.6) is 17.2 Å². The predicted molar refractivity (Wildman–Crippen MR) is 142 cm³/mol. The van der Waals surface area contributed by atoms with Gasteiger partial charge in [-0.15, -0.1) is 11.8 Å². The largest absolute Gasteiger partial charge is 0.493 e. The molecule has 8 nitrogen and oxygen atoms in total. The summed E-state index contributed by atoms with van der Waals surface area (Å²) in [6.07, 6.45) is 0.161. The number of esters is 1. The number of sulfonamides is 1. The van der Waals surface area contributed by atoms with Crippen LogP contribution < -0.4 is 18.9 Å². The lowest BCUT2D eigenvalue weighted by Gasteiger charge is -2.20. The van der Waals surface area contributed by atoms with Crippen LogP contribution in [0, 0.1) is 0 Å². The minimum Gasteiger partial charge on any atom is -0.493 e. The quantitative estimate of drug-likeness (QED) is 0.301. The van der Waals surface area contributed by atoms with E-state index in [2.05, 4.69) is 10.8 Å². The van der Waals surface area contributed by atoms with Crippen LogP contribution in [0.3, 0.4) is 0 Å². The minimum absolute atomic E-state index is 0.0983. The Balaban J connectivity index is 1.52. The Morgan fingerprint density at radius 3 is 2.54 bits per heavy atom. The van der Waals surface area contributed by atoms with Crippen molar-refractivity contribution < 1.29 is 32.2 Å². The summed E-state index contributed by atoms with van der Waals surface area (Å²) in [6.45, 7) is 0.653. The zero-order valence-electron chi connectivity index (χ0n) is 20.9. The predicted octanol–water partition coefficient (Wildman–Crippen LogP) is 4.11. The van der Waals surface area contributed by atoms with Crippen LogP contribution in [-0.4, -0.2) is 48.0 Å². The number of ether oxygens (including phenoxy) is 4. The number of benzene rings is 3. The Morgan fingerprint density at radius 1 is 1.00 bits per heavy atom. The van der Waals surface area contributed by atoms with Gasteiger partial charge in [-0.2, -0.15) is 0 Å². The molecule has 4 rings (SSSR count). The molecule has 3 aromatic rings. The van der Waals surface area contributed by atoms with Gasteiger partial charge in [-0.05, 0) is 34.9 Å². The van der Waals surface area contributed by atoms with Crippen LogP contribution in [-0.2, 0) is 32.6 Å². The third kappa shape index (κ3) is 6.20. The lowest BCUT2D eigenvalue weighted by Crippen LogP contribution is -2.26. The summed E-state index contributed by atoms with van der Waals surface area (Å²) >= 11 is 1.61. The SMILES string of the molecule is COC(=O)Cc1ccc2c(c1)C(SCCNS(=O)(=O)c1ccc(OC)c(OC)c1)c1ccccc1CO2. The summed E-state index contributed by atoms with van der Waals surface area (Å²) < 4.78 is 49.8. The van der Waals surface area contributed by atoms with E-state index in [0.717, 1.165) is 28.0 Å². The highest BCUT2D eigenvalue weighted by molar-refractivity contribution is 7.99. The standard InChI is InChI=1S/C27H29NO7S2/c1-32-24-11-9-20(16-25(24)33-2)37(30,31)28-12-13-36-27-21-7-5-4-6-19(21)17-35-23-10-8-18(14-22(23)27)15-26(29)34-3/h4-11,14,16,27-28H,12-13,15,17H2,1-3H3. The molecule has 0 aromatic heterocycles. The number of carbonyl (C=O) groups excluding carboxylic acids is 1. The molecule has 1 aliphatic heterocycles. The Morgan fingerprint density at radius 2 is 1.78 bits per heavy atom. The van der Waals surface area contributed by atoms with Gasteiger partial charge < -0.3 is 18.9 Å². The van der Waals surface area contributed by atoms with E-state index >= 15 is 0 Å². The molecule has 1 unspecified atom stereocenters. The van der Waals surface area contributed by atoms with E-state index in [4.69, 9.17) is 18.9 Å². The second-order valence-corrected chi connectivity index (χ2v) is 11.3. The molecule has 1 aliphatic rings. The van der Waals surface area contributed by atoms with E-state index in [1.54, 1.807) is 17.8 Å². The molecular weight excluding hydrogens is 514 g/mol. The Hall–Kier alpha value is -3.21. The fourth-order valence-corrected chi connectivity index (χ4v) is 6.53. The van der Waals surface area contributed by atoms with Crippen molar-refractivity contribution in [1.82, 2.24) is 4.72 Å². The third-order valence-electron chi connectivity index (χ3n) is 6.00. The first-order chi connectivity index (χ1) is 17.9. The van der Waals surface area contributed by atoms with Crippen molar-refractivity contribution in [3.05, 3.63) is 82.9 Å². The van der Waals surface area contributed by atoms with Gasteiger partial charge in [-0.25, -0.2) is 13.1 Å². The molecule has 1 N–H and O–H groups in total. The van der Waals surface area contributed by atoms with E-state index in [9.17, 15) is 13.2 Å². The van der Waals surface area contributed by atoms with Crippen molar-refractivity contribution in [1.29, 1.82) is 0 Å². The lowest BCUT2D eigenvalue weighted by molar-refractivity contribution is -0.139. The molecule has 0 saturated heterocycles. The molecule has 0 saturated carbocycles. The number of rotatable bonds is 10. The molecule has 1 heterocycles. The van der Waals surface area contributed by atoms with Crippen molar-refractivity contribution in [3.63, 3.8) is 0 Å². The van der Waals surface area contributed by atoms with Gasteiger partial charge in [0.05, 0.1) is 37.9 Å². The molecule has 37 heavy (non-hydrogen) atoms. The molecule has 0 spiro atoms. The molecule has 10 heteroatoms. The average Bonchev–Trinajstić information content (AvgIpc) is 3.07. The number of nitrogens with one attached hydrogen (secondary N) is 1. The second-order valence-electron chi connectivity index (χ2n) is 8.28. The Kier molecular flexibility index (Phi) is 8.63. The van der Waals surface area contributed by atoms with Crippen LogP contribution in [0.4, 0.5) is 0 Å². The van der Waals surface area contributed by atoms with Crippen molar-refractivity contribution in [2.45, 2.75) is 23.2 Å². The highest BCUT2D eigenvalue weighted by atomic mass is 32.2. The lowest BCUT2D eigenvalue weighted by atomic mass is 9.98. The fourth-order valence-electron chi connectivity index (χ4n) is 4.13.